The molecule has 2 atom stereocenters. The van der Waals surface area contributed by atoms with Crippen LogP contribution in [0.4, 0.5) is 5.82 Å². The molecule has 2 unspecified atom stereocenters. The Morgan fingerprint density at radius 1 is 1.27 bits per heavy atom. The van der Waals surface area contributed by atoms with Crippen molar-refractivity contribution in [3.63, 3.8) is 0 Å². The molecule has 0 aromatic carbocycles. The van der Waals surface area contributed by atoms with Crippen molar-refractivity contribution < 1.29 is 0 Å². The van der Waals surface area contributed by atoms with Gasteiger partial charge in [0.15, 0.2) is 5.82 Å². The molecule has 5 heteroatoms. The fourth-order valence-corrected chi connectivity index (χ4v) is 3.99. The van der Waals surface area contributed by atoms with Crippen LogP contribution < -0.4 is 10.2 Å². The van der Waals surface area contributed by atoms with Gasteiger partial charge in [-0.2, -0.15) is 0 Å². The van der Waals surface area contributed by atoms with E-state index in [1.54, 1.807) is 12.4 Å². The van der Waals surface area contributed by atoms with Gasteiger partial charge in [0.05, 0.1) is 5.54 Å². The maximum absolute atomic E-state index is 4.75. The fraction of sp³-hybridized carbons (Fsp3) is 0.471. The molecule has 0 bridgehead atoms. The van der Waals surface area contributed by atoms with Gasteiger partial charge < -0.3 is 10.2 Å². The zero-order valence-corrected chi connectivity index (χ0v) is 13.1. The number of hydrogen-bond donors (Lipinski definition) is 1. The Hall–Kier alpha value is -2.01. The highest BCUT2D eigenvalue weighted by molar-refractivity contribution is 5.62. The summed E-state index contributed by atoms with van der Waals surface area (Å²) < 4.78 is 0. The molecular weight excluding hydrogens is 274 g/mol. The molecule has 2 aliphatic heterocycles. The van der Waals surface area contributed by atoms with Gasteiger partial charge in [0.1, 0.15) is 5.82 Å². The number of nitrogens with one attached hydrogen (secondary N) is 1. The molecule has 22 heavy (non-hydrogen) atoms. The van der Waals surface area contributed by atoms with E-state index in [9.17, 15) is 0 Å². The largest absolute Gasteiger partial charge is 0.352 e. The van der Waals surface area contributed by atoms with Crippen molar-refractivity contribution in [3.8, 4) is 11.4 Å². The van der Waals surface area contributed by atoms with Crippen molar-refractivity contribution in [2.45, 2.75) is 25.3 Å². The van der Waals surface area contributed by atoms with Crippen LogP contribution in [-0.2, 0) is 6.42 Å². The van der Waals surface area contributed by atoms with Gasteiger partial charge in [0.25, 0.3) is 0 Å². The zero-order valence-electron chi connectivity index (χ0n) is 13.1. The predicted molar refractivity (Wildman–Crippen MR) is 86.8 cm³/mol. The van der Waals surface area contributed by atoms with Crippen molar-refractivity contribution in [1.82, 2.24) is 20.3 Å². The predicted octanol–water partition coefficient (Wildman–Crippen LogP) is 1.90. The number of nitrogens with zero attached hydrogens (tertiary/aromatic N) is 4. The molecule has 0 saturated carbocycles. The van der Waals surface area contributed by atoms with E-state index < -0.39 is 0 Å². The topological polar surface area (TPSA) is 53.9 Å². The van der Waals surface area contributed by atoms with Crippen LogP contribution in [-0.4, -0.2) is 40.6 Å². The molecule has 2 aromatic rings. The molecule has 1 N–H and O–H groups in total. The molecule has 1 saturated heterocycles. The molecule has 0 amide bonds. The Bertz CT molecular complexity index is 679. The van der Waals surface area contributed by atoms with Crippen LogP contribution in [0.15, 0.2) is 30.7 Å². The number of likely N-dealkylation sites (N-methyl/N-ethyl adjacent to an activating group) is 1. The highest BCUT2D eigenvalue weighted by atomic mass is 15.3. The van der Waals surface area contributed by atoms with Gasteiger partial charge in [-0.1, -0.05) is 6.92 Å². The first-order chi connectivity index (χ1) is 10.7. The second kappa shape index (κ2) is 5.02. The summed E-state index contributed by atoms with van der Waals surface area (Å²) in [4.78, 5) is 15.8. The lowest BCUT2D eigenvalue weighted by atomic mass is 9.76. The van der Waals surface area contributed by atoms with Crippen LogP contribution in [0, 0.1) is 5.92 Å². The van der Waals surface area contributed by atoms with Crippen molar-refractivity contribution in [3.05, 3.63) is 36.3 Å². The van der Waals surface area contributed by atoms with E-state index in [-0.39, 0.29) is 5.54 Å². The number of anilines is 1. The average molecular weight is 295 g/mol. The van der Waals surface area contributed by atoms with Crippen molar-refractivity contribution >= 4 is 5.82 Å². The molecule has 0 aliphatic carbocycles. The molecule has 2 aliphatic rings. The fourth-order valence-electron chi connectivity index (χ4n) is 3.99. The molecule has 1 fully saturated rings. The first kappa shape index (κ1) is 13.6. The van der Waals surface area contributed by atoms with Gasteiger partial charge >= 0.3 is 0 Å². The van der Waals surface area contributed by atoms with Gasteiger partial charge in [0.2, 0.25) is 0 Å². The Kier molecular flexibility index (Phi) is 3.11. The quantitative estimate of drug-likeness (QED) is 0.871. The molecule has 1 spiro atoms. The van der Waals surface area contributed by atoms with Crippen molar-refractivity contribution in [1.29, 1.82) is 0 Å². The van der Waals surface area contributed by atoms with E-state index in [0.29, 0.717) is 5.92 Å². The third-order valence-electron chi connectivity index (χ3n) is 5.36. The summed E-state index contributed by atoms with van der Waals surface area (Å²) in [5.41, 5.74) is 2.52. The molecule has 2 aromatic heterocycles. The van der Waals surface area contributed by atoms with Crippen LogP contribution in [0.2, 0.25) is 0 Å². The van der Waals surface area contributed by atoms with Crippen LogP contribution in [0.25, 0.3) is 11.4 Å². The van der Waals surface area contributed by atoms with Crippen molar-refractivity contribution in [2.75, 3.05) is 25.0 Å². The molecule has 5 nitrogen and oxygen atoms in total. The summed E-state index contributed by atoms with van der Waals surface area (Å²) in [6, 6.07) is 4.04. The molecule has 114 valence electrons. The number of hydrogen-bond acceptors (Lipinski definition) is 5. The van der Waals surface area contributed by atoms with Gasteiger partial charge in [-0.05, 0) is 43.0 Å². The van der Waals surface area contributed by atoms with Gasteiger partial charge in [-0.3, -0.25) is 0 Å². The van der Waals surface area contributed by atoms with E-state index in [0.717, 1.165) is 36.7 Å². The maximum atomic E-state index is 4.75. The minimum atomic E-state index is 0.213. The SMILES string of the molecule is CC1Cc2cc(-c3ncccn3)cnc2N(C)C12CCNC2. The zero-order chi connectivity index (χ0) is 15.2. The molecule has 0 radical (unpaired) electrons. The smallest absolute Gasteiger partial charge is 0.160 e. The lowest BCUT2D eigenvalue weighted by Gasteiger charge is -2.48. The number of rotatable bonds is 1. The first-order valence-electron chi connectivity index (χ1n) is 7.91. The lowest BCUT2D eigenvalue weighted by Crippen LogP contribution is -2.56. The van der Waals surface area contributed by atoms with E-state index in [1.807, 2.05) is 12.3 Å². The minimum Gasteiger partial charge on any atom is -0.352 e. The summed E-state index contributed by atoms with van der Waals surface area (Å²) in [6.45, 7) is 4.51. The standard InChI is InChI=1S/C17H21N5/c1-12-8-13-9-14(15-19-5-3-6-20-15)10-21-16(13)22(2)17(12)4-7-18-11-17/h3,5-6,9-10,12,18H,4,7-8,11H2,1-2H3. The van der Waals surface area contributed by atoms with Crippen LogP contribution >= 0.6 is 0 Å². The second-order valence-electron chi connectivity index (χ2n) is 6.47. The van der Waals surface area contributed by atoms with E-state index >= 15 is 0 Å². The second-order valence-corrected chi connectivity index (χ2v) is 6.47. The third-order valence-corrected chi connectivity index (χ3v) is 5.36. The summed E-state index contributed by atoms with van der Waals surface area (Å²) in [5, 5.41) is 3.52. The monoisotopic (exact) mass is 295 g/mol. The normalized spacial score (nSPS) is 27.2. The Morgan fingerprint density at radius 3 is 2.82 bits per heavy atom. The highest BCUT2D eigenvalue weighted by Gasteiger charge is 2.46. The maximum Gasteiger partial charge on any atom is 0.160 e. The lowest BCUT2D eigenvalue weighted by molar-refractivity contribution is 0.283. The summed E-state index contributed by atoms with van der Waals surface area (Å²) in [6.07, 6.45) is 7.70. The van der Waals surface area contributed by atoms with Gasteiger partial charge in [0, 0.05) is 37.7 Å². The number of pyridine rings is 1. The van der Waals surface area contributed by atoms with Crippen molar-refractivity contribution in [2.24, 2.45) is 5.92 Å². The highest BCUT2D eigenvalue weighted by Crippen LogP contribution is 2.42. The summed E-state index contributed by atoms with van der Waals surface area (Å²) >= 11 is 0. The third kappa shape index (κ3) is 1.92. The Balaban J connectivity index is 1.75. The number of fused-ring (bicyclic) bond motifs is 1. The molecule has 4 rings (SSSR count). The summed E-state index contributed by atoms with van der Waals surface area (Å²) in [5.74, 6) is 2.46. The van der Waals surface area contributed by atoms with E-state index in [1.165, 1.54) is 12.0 Å². The van der Waals surface area contributed by atoms with Gasteiger partial charge in [-0.25, -0.2) is 15.0 Å². The average Bonchev–Trinajstić information content (AvgIpc) is 3.05. The van der Waals surface area contributed by atoms with E-state index in [2.05, 4.69) is 40.2 Å². The summed E-state index contributed by atoms with van der Waals surface area (Å²) in [7, 11) is 2.19. The van der Waals surface area contributed by atoms with Crippen LogP contribution in [0.5, 0.6) is 0 Å². The molecule has 4 heterocycles. The van der Waals surface area contributed by atoms with Gasteiger partial charge in [-0.15, -0.1) is 0 Å². The number of aromatic nitrogens is 3. The van der Waals surface area contributed by atoms with Crippen LogP contribution in [0.3, 0.4) is 0 Å². The minimum absolute atomic E-state index is 0.213. The first-order valence-corrected chi connectivity index (χ1v) is 7.91. The molecular formula is C17H21N5. The Labute approximate surface area is 130 Å². The van der Waals surface area contributed by atoms with Crippen LogP contribution in [0.1, 0.15) is 18.9 Å². The Morgan fingerprint density at radius 2 is 2.09 bits per heavy atom. The van der Waals surface area contributed by atoms with E-state index in [4.69, 9.17) is 4.98 Å².